The molecule has 5 rings (SSSR count). The number of methoxy groups -OCH3 is 3. The first-order chi connectivity index (χ1) is 19.7. The lowest BCUT2D eigenvalue weighted by atomic mass is 9.74. The molecular weight excluding hydrogens is 532 g/mol. The van der Waals surface area contributed by atoms with Crippen LogP contribution in [0.15, 0.2) is 42.5 Å². The van der Waals surface area contributed by atoms with Crippen molar-refractivity contribution in [3.8, 4) is 45.6 Å². The second kappa shape index (κ2) is 11.1. The van der Waals surface area contributed by atoms with Crippen molar-refractivity contribution in [2.45, 2.75) is 33.0 Å². The maximum atomic E-state index is 13.4. The summed E-state index contributed by atoms with van der Waals surface area (Å²) in [6, 6.07) is 12.0. The Balaban J connectivity index is 1.87. The number of esters is 2. The monoisotopic (exact) mass is 564 g/mol. The van der Waals surface area contributed by atoms with Crippen LogP contribution in [0.1, 0.15) is 54.5 Å². The van der Waals surface area contributed by atoms with Crippen LogP contribution in [0.4, 0.5) is 0 Å². The third-order valence-electron chi connectivity index (χ3n) is 7.71. The van der Waals surface area contributed by atoms with Crippen LogP contribution >= 0.6 is 0 Å². The van der Waals surface area contributed by atoms with E-state index in [2.05, 4.69) is 0 Å². The van der Waals surface area contributed by atoms with Gasteiger partial charge < -0.3 is 38.3 Å². The van der Waals surface area contributed by atoms with E-state index in [9.17, 15) is 14.7 Å². The van der Waals surface area contributed by atoms with Gasteiger partial charge in [-0.25, -0.2) is 4.79 Å². The van der Waals surface area contributed by atoms with Crippen molar-refractivity contribution < 1.29 is 47.9 Å². The fraction of sp³-hybridized carbons (Fsp3) is 0.355. The molecule has 0 saturated heterocycles. The van der Waals surface area contributed by atoms with Crippen molar-refractivity contribution >= 4 is 11.9 Å². The summed E-state index contributed by atoms with van der Waals surface area (Å²) in [5.41, 5.74) is 1.98. The van der Waals surface area contributed by atoms with Crippen molar-refractivity contribution in [3.63, 3.8) is 0 Å². The summed E-state index contributed by atoms with van der Waals surface area (Å²) in [6.07, 6.45) is -1.75. The van der Waals surface area contributed by atoms with Gasteiger partial charge in [-0.05, 0) is 24.3 Å². The highest BCUT2D eigenvalue weighted by Gasteiger charge is 2.44. The Kier molecular flexibility index (Phi) is 7.57. The Morgan fingerprint density at radius 1 is 0.829 bits per heavy atom. The lowest BCUT2D eigenvalue weighted by Gasteiger charge is -2.38. The summed E-state index contributed by atoms with van der Waals surface area (Å²) in [5.74, 6) is -0.858. The first kappa shape index (κ1) is 27.9. The number of ether oxygens (including phenoxy) is 7. The number of carbonyl (C=O) groups is 2. The third kappa shape index (κ3) is 4.73. The molecule has 0 radical (unpaired) electrons. The van der Waals surface area contributed by atoms with Crippen LogP contribution in [0.3, 0.4) is 0 Å². The largest absolute Gasteiger partial charge is 0.504 e. The van der Waals surface area contributed by atoms with Gasteiger partial charge in [0, 0.05) is 41.0 Å². The average Bonchev–Trinajstić information content (AvgIpc) is 3.45. The molecule has 41 heavy (non-hydrogen) atoms. The van der Waals surface area contributed by atoms with Crippen LogP contribution in [0.2, 0.25) is 0 Å². The molecule has 3 aromatic rings. The topological polar surface area (TPSA) is 119 Å². The van der Waals surface area contributed by atoms with Gasteiger partial charge in [-0.3, -0.25) is 4.79 Å². The van der Waals surface area contributed by atoms with Gasteiger partial charge in [-0.2, -0.15) is 0 Å². The Morgan fingerprint density at radius 3 is 2.07 bits per heavy atom. The molecule has 3 aromatic carbocycles. The molecular formula is C31H32O10. The molecule has 0 amide bonds. The average molecular weight is 565 g/mol. The van der Waals surface area contributed by atoms with Crippen LogP contribution in [0, 0.1) is 11.8 Å². The maximum Gasteiger partial charge on any atom is 0.338 e. The quantitative estimate of drug-likeness (QED) is 0.379. The van der Waals surface area contributed by atoms with Gasteiger partial charge in [-0.15, -0.1) is 0 Å². The van der Waals surface area contributed by atoms with Crippen LogP contribution in [-0.2, 0) is 14.3 Å². The van der Waals surface area contributed by atoms with Crippen LogP contribution in [0.5, 0.6) is 34.5 Å². The second-order valence-electron chi connectivity index (χ2n) is 9.97. The summed E-state index contributed by atoms with van der Waals surface area (Å²) in [6.45, 7) is 5.10. The summed E-state index contributed by atoms with van der Waals surface area (Å²) in [7, 11) is 4.32. The molecule has 10 heteroatoms. The Morgan fingerprint density at radius 2 is 1.46 bits per heavy atom. The smallest absolute Gasteiger partial charge is 0.338 e. The molecule has 2 aliphatic rings. The molecule has 0 fully saturated rings. The van der Waals surface area contributed by atoms with Crippen molar-refractivity contribution in [1.29, 1.82) is 0 Å². The van der Waals surface area contributed by atoms with Gasteiger partial charge in [0.25, 0.3) is 0 Å². The number of carbonyl (C=O) groups excluding carboxylic acids is 2. The van der Waals surface area contributed by atoms with Gasteiger partial charge >= 0.3 is 11.9 Å². The lowest BCUT2D eigenvalue weighted by molar-refractivity contribution is -0.151. The highest BCUT2D eigenvalue weighted by Crippen LogP contribution is 2.60. The minimum atomic E-state index is -0.917. The van der Waals surface area contributed by atoms with E-state index < -0.39 is 30.1 Å². The summed E-state index contributed by atoms with van der Waals surface area (Å²) in [5, 5.41) is 11.8. The molecule has 0 saturated carbocycles. The van der Waals surface area contributed by atoms with Crippen molar-refractivity contribution in [1.82, 2.24) is 0 Å². The molecule has 0 bridgehead atoms. The second-order valence-corrected chi connectivity index (χ2v) is 9.97. The van der Waals surface area contributed by atoms with Gasteiger partial charge in [0.2, 0.25) is 18.3 Å². The molecule has 4 atom stereocenters. The molecule has 10 nitrogen and oxygen atoms in total. The third-order valence-corrected chi connectivity index (χ3v) is 7.71. The van der Waals surface area contributed by atoms with E-state index in [4.69, 9.17) is 33.2 Å². The van der Waals surface area contributed by atoms with E-state index in [0.717, 1.165) is 0 Å². The summed E-state index contributed by atoms with van der Waals surface area (Å²) in [4.78, 5) is 25.9. The lowest BCUT2D eigenvalue weighted by Crippen LogP contribution is -2.31. The van der Waals surface area contributed by atoms with Gasteiger partial charge in [-0.1, -0.05) is 32.0 Å². The molecule has 0 spiro atoms. The summed E-state index contributed by atoms with van der Waals surface area (Å²) < 4.78 is 40.6. The normalized spacial score (nSPS) is 20.5. The zero-order chi connectivity index (χ0) is 29.4. The summed E-state index contributed by atoms with van der Waals surface area (Å²) >= 11 is 0. The standard InChI is InChI=1S/C31H32O10/c1-15-16(2)27(41-31(34)18-10-8-7-9-11-18)19-12-21(35-4)28(36-5)25(33)23(19)24-20(26(15)40-17(3)32)13-22-29(30(24)37-6)39-14-38-22/h7-13,15-16,26-27,33H,14H2,1-6H3/t15-,16+,26+,27-/m1/s1. The number of hydrogen-bond donors (Lipinski definition) is 1. The molecule has 216 valence electrons. The zero-order valence-electron chi connectivity index (χ0n) is 23.7. The molecule has 0 unspecified atom stereocenters. The highest BCUT2D eigenvalue weighted by molar-refractivity contribution is 5.91. The van der Waals surface area contributed by atoms with Gasteiger partial charge in [0.1, 0.15) is 12.2 Å². The van der Waals surface area contributed by atoms with E-state index in [0.29, 0.717) is 33.8 Å². The fourth-order valence-electron chi connectivity index (χ4n) is 5.59. The maximum absolute atomic E-state index is 13.4. The van der Waals surface area contributed by atoms with E-state index in [1.807, 2.05) is 13.8 Å². The zero-order valence-corrected chi connectivity index (χ0v) is 23.7. The number of aromatic hydroxyl groups is 1. The minimum Gasteiger partial charge on any atom is -0.504 e. The van der Waals surface area contributed by atoms with E-state index in [-0.39, 0.29) is 41.3 Å². The Hall–Kier alpha value is -4.60. The van der Waals surface area contributed by atoms with E-state index >= 15 is 0 Å². The molecule has 1 aliphatic carbocycles. The van der Waals surface area contributed by atoms with Crippen molar-refractivity contribution in [2.75, 3.05) is 28.1 Å². The van der Waals surface area contributed by atoms with E-state index in [1.165, 1.54) is 28.3 Å². The predicted octanol–water partition coefficient (Wildman–Crippen LogP) is 5.60. The number of benzene rings is 3. The van der Waals surface area contributed by atoms with Gasteiger partial charge in [0.15, 0.2) is 23.0 Å². The minimum absolute atomic E-state index is 0.0408. The number of phenolic OH excluding ortho intramolecular Hbond substituents is 1. The highest BCUT2D eigenvalue weighted by atomic mass is 16.7. The number of hydrogen-bond acceptors (Lipinski definition) is 10. The van der Waals surface area contributed by atoms with Crippen molar-refractivity contribution in [3.05, 3.63) is 59.2 Å². The molecule has 1 heterocycles. The van der Waals surface area contributed by atoms with Crippen molar-refractivity contribution in [2.24, 2.45) is 11.8 Å². The van der Waals surface area contributed by atoms with Gasteiger partial charge in [0.05, 0.1) is 26.9 Å². The van der Waals surface area contributed by atoms with E-state index in [1.54, 1.807) is 42.5 Å². The predicted molar refractivity (Wildman–Crippen MR) is 147 cm³/mol. The molecule has 1 aliphatic heterocycles. The van der Waals surface area contributed by atoms with Crippen LogP contribution in [-0.4, -0.2) is 45.2 Å². The van der Waals surface area contributed by atoms with Crippen LogP contribution in [0.25, 0.3) is 11.1 Å². The molecule has 0 aromatic heterocycles. The number of phenols is 1. The SMILES string of the molecule is COc1cc2c(c(O)c1OC)-c1c(cc3c(c1OC)OCO3)[C@@H](OC(C)=O)[C@H](C)[C@H](C)[C@H]2OC(=O)c1ccccc1. The Bertz CT molecular complexity index is 1480. The first-order valence-electron chi connectivity index (χ1n) is 13.1. The Labute approximate surface area is 237 Å². The van der Waals surface area contributed by atoms with Crippen LogP contribution < -0.4 is 23.7 Å². The number of rotatable bonds is 6. The fourth-order valence-corrected chi connectivity index (χ4v) is 5.59. The number of fused-ring (bicyclic) bond motifs is 4. The molecule has 1 N–H and O–H groups in total. The first-order valence-corrected chi connectivity index (χ1v) is 13.1.